The Morgan fingerprint density at radius 2 is 1.61 bits per heavy atom. The molecule has 0 radical (unpaired) electrons. The van der Waals surface area contributed by atoms with Gasteiger partial charge in [-0.15, -0.1) is 0 Å². The van der Waals surface area contributed by atoms with Gasteiger partial charge in [0.05, 0.1) is 17.1 Å². The summed E-state index contributed by atoms with van der Waals surface area (Å²) in [5, 5.41) is 1.00. The van der Waals surface area contributed by atoms with E-state index in [1.807, 2.05) is 47.0 Å². The van der Waals surface area contributed by atoms with Gasteiger partial charge in [0.2, 0.25) is 5.95 Å². The highest BCUT2D eigenvalue weighted by Gasteiger charge is 2.20. The molecule has 1 atom stereocenters. The third-order valence-corrected chi connectivity index (χ3v) is 4.25. The van der Waals surface area contributed by atoms with Gasteiger partial charge in [-0.05, 0) is 18.6 Å². The number of nitrogens with two attached hydrogens (primary N) is 2. The summed E-state index contributed by atoms with van der Waals surface area (Å²) in [5.74, 6) is 0.852. The van der Waals surface area contributed by atoms with Gasteiger partial charge >= 0.3 is 0 Å². The molecule has 0 saturated heterocycles. The van der Waals surface area contributed by atoms with E-state index in [9.17, 15) is 0 Å². The van der Waals surface area contributed by atoms with Crippen LogP contribution in [0.1, 0.15) is 18.5 Å². The molecule has 0 aliphatic heterocycles. The van der Waals surface area contributed by atoms with Crippen LogP contribution in [0, 0.1) is 0 Å². The van der Waals surface area contributed by atoms with E-state index in [2.05, 4.69) is 29.0 Å². The van der Waals surface area contributed by atoms with Crippen molar-refractivity contribution < 1.29 is 0 Å². The maximum absolute atomic E-state index is 6.22. The Bertz CT molecular complexity index is 1000. The number of imidazole rings is 1. The minimum Gasteiger partial charge on any atom is -0.382 e. The fourth-order valence-electron chi connectivity index (χ4n) is 3.11. The lowest BCUT2D eigenvalue weighted by atomic mass is 10.1. The first-order valence-corrected chi connectivity index (χ1v) is 7.53. The van der Waals surface area contributed by atoms with Crippen molar-refractivity contribution in [2.75, 3.05) is 11.5 Å². The molecule has 4 aromatic rings. The summed E-state index contributed by atoms with van der Waals surface area (Å²) < 4.78 is 2.03. The molecule has 2 heterocycles. The zero-order valence-electron chi connectivity index (χ0n) is 12.8. The van der Waals surface area contributed by atoms with E-state index in [1.165, 1.54) is 0 Å². The fraction of sp³-hybridized carbons (Fsp3) is 0.111. The first kappa shape index (κ1) is 13.6. The number of pyridine rings is 1. The predicted molar refractivity (Wildman–Crippen MR) is 94.1 cm³/mol. The van der Waals surface area contributed by atoms with Crippen molar-refractivity contribution in [3.05, 3.63) is 60.2 Å². The van der Waals surface area contributed by atoms with Crippen LogP contribution in [0.4, 0.5) is 11.8 Å². The summed E-state index contributed by atoms with van der Waals surface area (Å²) in [6.45, 7) is 2.11. The molecular weight excluding hydrogens is 286 g/mol. The first-order chi connectivity index (χ1) is 11.2. The number of rotatable bonds is 2. The van der Waals surface area contributed by atoms with E-state index in [4.69, 9.17) is 11.5 Å². The quantitative estimate of drug-likeness (QED) is 0.595. The second-order valence-electron chi connectivity index (χ2n) is 5.64. The number of para-hydroxylation sites is 1. The van der Waals surface area contributed by atoms with E-state index < -0.39 is 0 Å². The van der Waals surface area contributed by atoms with Crippen LogP contribution in [-0.4, -0.2) is 14.5 Å². The van der Waals surface area contributed by atoms with Crippen LogP contribution in [0.15, 0.2) is 54.6 Å². The van der Waals surface area contributed by atoms with Crippen molar-refractivity contribution >= 4 is 33.7 Å². The standard InChI is InChI=1S/C18H17N5/c1-11(12-7-3-2-4-8-12)23-16-13-9-5-6-10-14(13)21-17(19)15(16)22-18(23)20/h2-11H,1H3,(H2,19,21)(H2,20,22)/t11-/m1/s1. The Labute approximate surface area is 133 Å². The molecule has 0 aliphatic rings. The Kier molecular flexibility index (Phi) is 2.94. The largest absolute Gasteiger partial charge is 0.382 e. The average molecular weight is 303 g/mol. The van der Waals surface area contributed by atoms with Crippen molar-refractivity contribution in [3.63, 3.8) is 0 Å². The van der Waals surface area contributed by atoms with Crippen LogP contribution in [-0.2, 0) is 0 Å². The molecule has 0 amide bonds. The molecule has 0 fully saturated rings. The summed E-state index contributed by atoms with van der Waals surface area (Å²) in [4.78, 5) is 8.90. The number of anilines is 2. The van der Waals surface area contributed by atoms with E-state index in [1.54, 1.807) is 0 Å². The fourth-order valence-corrected chi connectivity index (χ4v) is 3.11. The Hall–Kier alpha value is -3.08. The van der Waals surface area contributed by atoms with E-state index in [0.29, 0.717) is 17.3 Å². The van der Waals surface area contributed by atoms with Gasteiger partial charge in [-0.3, -0.25) is 0 Å². The maximum atomic E-state index is 6.22. The van der Waals surface area contributed by atoms with Crippen LogP contribution in [0.25, 0.3) is 21.9 Å². The number of fused-ring (bicyclic) bond motifs is 3. The number of nitrogens with zero attached hydrogens (tertiary/aromatic N) is 3. The van der Waals surface area contributed by atoms with Crippen molar-refractivity contribution in [1.82, 2.24) is 14.5 Å². The minimum atomic E-state index is 0.0476. The minimum absolute atomic E-state index is 0.0476. The van der Waals surface area contributed by atoms with Crippen LogP contribution in [0.3, 0.4) is 0 Å². The van der Waals surface area contributed by atoms with Crippen LogP contribution < -0.4 is 11.5 Å². The van der Waals surface area contributed by atoms with Gasteiger partial charge in [0, 0.05) is 5.39 Å². The number of aromatic nitrogens is 3. The summed E-state index contributed by atoms with van der Waals surface area (Å²) in [5.41, 5.74) is 15.9. The van der Waals surface area contributed by atoms with Gasteiger partial charge in [0.15, 0.2) is 5.82 Å². The molecule has 0 spiro atoms. The lowest BCUT2D eigenvalue weighted by Gasteiger charge is -2.17. The molecule has 0 unspecified atom stereocenters. The molecule has 2 aromatic heterocycles. The van der Waals surface area contributed by atoms with Crippen LogP contribution in [0.2, 0.25) is 0 Å². The molecule has 5 heteroatoms. The smallest absolute Gasteiger partial charge is 0.201 e. The molecular formula is C18H17N5. The monoisotopic (exact) mass is 303 g/mol. The number of nitrogen functional groups attached to an aromatic ring is 2. The molecule has 23 heavy (non-hydrogen) atoms. The highest BCUT2D eigenvalue weighted by atomic mass is 15.2. The van der Waals surface area contributed by atoms with Gasteiger partial charge in [-0.25, -0.2) is 9.97 Å². The Morgan fingerprint density at radius 3 is 2.39 bits per heavy atom. The van der Waals surface area contributed by atoms with Gasteiger partial charge in [0.1, 0.15) is 5.52 Å². The zero-order valence-corrected chi connectivity index (χ0v) is 12.8. The third-order valence-electron chi connectivity index (χ3n) is 4.25. The normalized spacial score (nSPS) is 12.7. The molecule has 5 nitrogen and oxygen atoms in total. The number of hydrogen-bond donors (Lipinski definition) is 2. The topological polar surface area (TPSA) is 82.8 Å². The van der Waals surface area contributed by atoms with Crippen molar-refractivity contribution in [2.45, 2.75) is 13.0 Å². The lowest BCUT2D eigenvalue weighted by Crippen LogP contribution is -2.10. The highest BCUT2D eigenvalue weighted by molar-refractivity contribution is 6.07. The van der Waals surface area contributed by atoms with Crippen molar-refractivity contribution in [1.29, 1.82) is 0 Å². The SMILES string of the molecule is C[C@H](c1ccccc1)n1c(N)nc2c(N)nc3ccccc3c21. The first-order valence-electron chi connectivity index (χ1n) is 7.53. The summed E-state index contributed by atoms with van der Waals surface area (Å²) in [7, 11) is 0. The van der Waals surface area contributed by atoms with Gasteiger partial charge in [-0.2, -0.15) is 0 Å². The van der Waals surface area contributed by atoms with Crippen molar-refractivity contribution in [2.24, 2.45) is 0 Å². The molecule has 4 N–H and O–H groups in total. The van der Waals surface area contributed by atoms with Gasteiger partial charge in [0.25, 0.3) is 0 Å². The van der Waals surface area contributed by atoms with Gasteiger partial charge in [-0.1, -0.05) is 48.5 Å². The van der Waals surface area contributed by atoms with Crippen LogP contribution in [0.5, 0.6) is 0 Å². The van der Waals surface area contributed by atoms with E-state index >= 15 is 0 Å². The maximum Gasteiger partial charge on any atom is 0.201 e. The molecule has 0 saturated carbocycles. The molecule has 2 aromatic carbocycles. The van der Waals surface area contributed by atoms with Crippen molar-refractivity contribution in [3.8, 4) is 0 Å². The van der Waals surface area contributed by atoms with E-state index in [0.717, 1.165) is 22.0 Å². The van der Waals surface area contributed by atoms with E-state index in [-0.39, 0.29) is 6.04 Å². The summed E-state index contributed by atoms with van der Waals surface area (Å²) in [6.07, 6.45) is 0. The van der Waals surface area contributed by atoms with Crippen LogP contribution >= 0.6 is 0 Å². The molecule has 0 aliphatic carbocycles. The second kappa shape index (κ2) is 4.98. The molecule has 4 rings (SSSR count). The lowest BCUT2D eigenvalue weighted by molar-refractivity contribution is 0.669. The predicted octanol–water partition coefficient (Wildman–Crippen LogP) is 3.36. The summed E-state index contributed by atoms with van der Waals surface area (Å²) in [6, 6.07) is 18.2. The Morgan fingerprint density at radius 1 is 0.913 bits per heavy atom. The molecule has 114 valence electrons. The highest BCUT2D eigenvalue weighted by Crippen LogP contribution is 2.33. The second-order valence-corrected chi connectivity index (χ2v) is 5.64. The Balaban J connectivity index is 2.09. The zero-order chi connectivity index (χ0) is 16.0. The molecule has 0 bridgehead atoms. The summed E-state index contributed by atoms with van der Waals surface area (Å²) >= 11 is 0. The number of hydrogen-bond acceptors (Lipinski definition) is 4. The van der Waals surface area contributed by atoms with Gasteiger partial charge < -0.3 is 16.0 Å². The number of benzene rings is 2. The third kappa shape index (κ3) is 2.01. The average Bonchev–Trinajstić information content (AvgIpc) is 2.93.